The molecule has 5 nitrogen and oxygen atoms in total. The van der Waals surface area contributed by atoms with E-state index in [9.17, 15) is 4.79 Å². The molecule has 1 amide bonds. The summed E-state index contributed by atoms with van der Waals surface area (Å²) in [5.74, 6) is 1.13. The smallest absolute Gasteiger partial charge is 0.251 e. The molecule has 1 N–H and O–H groups in total. The number of amides is 1. The van der Waals surface area contributed by atoms with E-state index in [2.05, 4.69) is 34.5 Å². The standard InChI is InChI=1S/C24H30N2O3/c1-4-8-19-15-20(16-22(28-2)23(19)29-3)24(27)25-21-11-13-26(14-12-21)17-18-9-6-5-7-10-18/h4-10,15-16,21H,11-14,17H2,1-3H3,(H,25,27)/b8-4+. The Labute approximate surface area is 173 Å². The second-order valence-corrected chi connectivity index (χ2v) is 7.31. The molecule has 2 aromatic rings. The highest BCUT2D eigenvalue weighted by atomic mass is 16.5. The summed E-state index contributed by atoms with van der Waals surface area (Å²) >= 11 is 0. The van der Waals surface area contributed by atoms with E-state index in [1.807, 2.05) is 31.2 Å². The number of ether oxygens (including phenoxy) is 2. The second kappa shape index (κ2) is 10.1. The zero-order valence-corrected chi connectivity index (χ0v) is 17.5. The van der Waals surface area contributed by atoms with Crippen LogP contribution in [0.3, 0.4) is 0 Å². The number of rotatable bonds is 7. The SMILES string of the molecule is C/C=C/c1cc(C(=O)NC2CCN(Cc3ccccc3)CC2)cc(OC)c1OC. The number of nitrogens with zero attached hydrogens (tertiary/aromatic N) is 1. The zero-order valence-electron chi connectivity index (χ0n) is 17.5. The molecule has 0 bridgehead atoms. The number of methoxy groups -OCH3 is 2. The molecule has 1 aliphatic heterocycles. The number of hydrogen-bond acceptors (Lipinski definition) is 4. The Hall–Kier alpha value is -2.79. The van der Waals surface area contributed by atoms with Gasteiger partial charge < -0.3 is 14.8 Å². The lowest BCUT2D eigenvalue weighted by Crippen LogP contribution is -2.44. The minimum absolute atomic E-state index is 0.0711. The van der Waals surface area contributed by atoms with E-state index in [4.69, 9.17) is 9.47 Å². The molecule has 0 aromatic heterocycles. The van der Waals surface area contributed by atoms with Gasteiger partial charge in [-0.05, 0) is 37.5 Å². The molecule has 3 rings (SSSR count). The first-order valence-electron chi connectivity index (χ1n) is 10.1. The molecular weight excluding hydrogens is 364 g/mol. The summed E-state index contributed by atoms with van der Waals surface area (Å²) in [6, 6.07) is 14.3. The number of benzene rings is 2. The highest BCUT2D eigenvalue weighted by Crippen LogP contribution is 2.33. The summed E-state index contributed by atoms with van der Waals surface area (Å²) in [6.07, 6.45) is 5.74. The maximum absolute atomic E-state index is 12.9. The molecule has 1 aliphatic rings. The fourth-order valence-electron chi connectivity index (χ4n) is 3.77. The van der Waals surface area contributed by atoms with Gasteiger partial charge in [0.25, 0.3) is 5.91 Å². The number of carbonyl (C=O) groups excluding carboxylic acids is 1. The highest BCUT2D eigenvalue weighted by Gasteiger charge is 2.22. The third-order valence-electron chi connectivity index (χ3n) is 5.29. The molecule has 0 spiro atoms. The van der Waals surface area contributed by atoms with Crippen LogP contribution in [0.5, 0.6) is 11.5 Å². The van der Waals surface area contributed by atoms with Gasteiger partial charge in [0, 0.05) is 36.8 Å². The summed E-state index contributed by atoms with van der Waals surface area (Å²) in [6.45, 7) is 4.86. The monoisotopic (exact) mass is 394 g/mol. The predicted molar refractivity (Wildman–Crippen MR) is 116 cm³/mol. The second-order valence-electron chi connectivity index (χ2n) is 7.31. The molecule has 2 aromatic carbocycles. The van der Waals surface area contributed by atoms with Crippen molar-refractivity contribution in [1.29, 1.82) is 0 Å². The third kappa shape index (κ3) is 5.39. The summed E-state index contributed by atoms with van der Waals surface area (Å²) in [7, 11) is 3.19. The fraction of sp³-hybridized carbons (Fsp3) is 0.375. The Morgan fingerprint density at radius 1 is 1.14 bits per heavy atom. The Morgan fingerprint density at radius 2 is 1.86 bits per heavy atom. The Balaban J connectivity index is 1.61. The van der Waals surface area contributed by atoms with Gasteiger partial charge in [-0.2, -0.15) is 0 Å². The molecule has 0 saturated carbocycles. The minimum atomic E-state index is -0.0711. The normalized spacial score (nSPS) is 15.4. The quantitative estimate of drug-likeness (QED) is 0.767. The van der Waals surface area contributed by atoms with E-state index >= 15 is 0 Å². The molecule has 0 aliphatic carbocycles. The Morgan fingerprint density at radius 3 is 2.48 bits per heavy atom. The van der Waals surface area contributed by atoms with Crippen molar-refractivity contribution in [2.75, 3.05) is 27.3 Å². The van der Waals surface area contributed by atoms with E-state index in [-0.39, 0.29) is 11.9 Å². The van der Waals surface area contributed by atoms with Gasteiger partial charge in [0.15, 0.2) is 11.5 Å². The molecule has 0 unspecified atom stereocenters. The number of piperidine rings is 1. The van der Waals surface area contributed by atoms with Gasteiger partial charge in [0.05, 0.1) is 14.2 Å². The molecular formula is C24H30N2O3. The van der Waals surface area contributed by atoms with Crippen molar-refractivity contribution in [3.8, 4) is 11.5 Å². The van der Waals surface area contributed by atoms with Gasteiger partial charge in [-0.25, -0.2) is 0 Å². The summed E-state index contributed by atoms with van der Waals surface area (Å²) < 4.78 is 10.9. The van der Waals surface area contributed by atoms with Gasteiger partial charge in [-0.15, -0.1) is 0 Å². The van der Waals surface area contributed by atoms with Crippen LogP contribution in [0.15, 0.2) is 48.5 Å². The minimum Gasteiger partial charge on any atom is -0.493 e. The molecule has 1 heterocycles. The van der Waals surface area contributed by atoms with Crippen molar-refractivity contribution < 1.29 is 14.3 Å². The Kier molecular flexibility index (Phi) is 7.30. The van der Waals surface area contributed by atoms with Crippen molar-refractivity contribution in [1.82, 2.24) is 10.2 Å². The van der Waals surface area contributed by atoms with E-state index in [1.54, 1.807) is 20.3 Å². The molecule has 29 heavy (non-hydrogen) atoms. The van der Waals surface area contributed by atoms with Crippen LogP contribution >= 0.6 is 0 Å². The number of allylic oxidation sites excluding steroid dienone is 1. The molecule has 1 fully saturated rings. The summed E-state index contributed by atoms with van der Waals surface area (Å²) in [5, 5.41) is 3.19. The van der Waals surface area contributed by atoms with Crippen molar-refractivity contribution in [2.24, 2.45) is 0 Å². The first kappa shape index (κ1) is 20.9. The van der Waals surface area contributed by atoms with Crippen LogP contribution in [0.2, 0.25) is 0 Å². The van der Waals surface area contributed by atoms with Crippen molar-refractivity contribution in [3.63, 3.8) is 0 Å². The van der Waals surface area contributed by atoms with E-state index < -0.39 is 0 Å². The van der Waals surface area contributed by atoms with Crippen LogP contribution in [0.1, 0.15) is 41.3 Å². The Bertz CT molecular complexity index is 841. The lowest BCUT2D eigenvalue weighted by atomic mass is 10.0. The zero-order chi connectivity index (χ0) is 20.6. The van der Waals surface area contributed by atoms with Crippen LogP contribution in [0.25, 0.3) is 6.08 Å². The molecule has 154 valence electrons. The first-order chi connectivity index (χ1) is 14.1. The van der Waals surface area contributed by atoms with Gasteiger partial charge in [0.2, 0.25) is 0 Å². The van der Waals surface area contributed by atoms with Crippen molar-refractivity contribution in [3.05, 3.63) is 65.2 Å². The van der Waals surface area contributed by atoms with Gasteiger partial charge in [0.1, 0.15) is 0 Å². The predicted octanol–water partition coefficient (Wildman–Crippen LogP) is 4.13. The van der Waals surface area contributed by atoms with Crippen LogP contribution in [0.4, 0.5) is 0 Å². The average Bonchev–Trinajstić information content (AvgIpc) is 2.75. The fourth-order valence-corrected chi connectivity index (χ4v) is 3.77. The summed E-state index contributed by atoms with van der Waals surface area (Å²) in [5.41, 5.74) is 2.75. The van der Waals surface area contributed by atoms with Gasteiger partial charge >= 0.3 is 0 Å². The maximum atomic E-state index is 12.9. The average molecular weight is 395 g/mol. The van der Waals surface area contributed by atoms with Crippen LogP contribution < -0.4 is 14.8 Å². The van der Waals surface area contributed by atoms with E-state index in [0.717, 1.165) is 38.0 Å². The number of carbonyl (C=O) groups is 1. The lowest BCUT2D eigenvalue weighted by molar-refractivity contribution is 0.0908. The van der Waals surface area contributed by atoms with Crippen LogP contribution in [-0.2, 0) is 6.54 Å². The van der Waals surface area contributed by atoms with Gasteiger partial charge in [-0.1, -0.05) is 42.5 Å². The topological polar surface area (TPSA) is 50.8 Å². The highest BCUT2D eigenvalue weighted by molar-refractivity contribution is 5.96. The van der Waals surface area contributed by atoms with Crippen LogP contribution in [0, 0.1) is 0 Å². The third-order valence-corrected chi connectivity index (χ3v) is 5.29. The van der Waals surface area contributed by atoms with Crippen LogP contribution in [-0.4, -0.2) is 44.2 Å². The number of hydrogen-bond donors (Lipinski definition) is 1. The molecule has 5 heteroatoms. The summed E-state index contributed by atoms with van der Waals surface area (Å²) in [4.78, 5) is 15.3. The number of likely N-dealkylation sites (tertiary alicyclic amines) is 1. The van der Waals surface area contributed by atoms with Crippen molar-refractivity contribution in [2.45, 2.75) is 32.4 Å². The number of nitrogens with one attached hydrogen (secondary N) is 1. The van der Waals surface area contributed by atoms with E-state index in [0.29, 0.717) is 17.1 Å². The largest absolute Gasteiger partial charge is 0.493 e. The van der Waals surface area contributed by atoms with E-state index in [1.165, 1.54) is 5.56 Å². The lowest BCUT2D eigenvalue weighted by Gasteiger charge is -2.32. The van der Waals surface area contributed by atoms with Crippen molar-refractivity contribution >= 4 is 12.0 Å². The first-order valence-corrected chi connectivity index (χ1v) is 10.1. The molecule has 1 saturated heterocycles. The maximum Gasteiger partial charge on any atom is 0.251 e. The van der Waals surface area contributed by atoms with Gasteiger partial charge in [-0.3, -0.25) is 9.69 Å². The molecule has 0 atom stereocenters. The molecule has 0 radical (unpaired) electrons.